The Bertz CT molecular complexity index is 240. The Morgan fingerprint density at radius 2 is 1.47 bits per heavy atom. The molecule has 0 saturated carbocycles. The van der Waals surface area contributed by atoms with Gasteiger partial charge < -0.3 is 4.74 Å². The number of ether oxygens (including phenoxy) is 1. The van der Waals surface area contributed by atoms with Gasteiger partial charge in [-0.3, -0.25) is 0 Å². The number of alkyl halides is 5. The van der Waals surface area contributed by atoms with E-state index in [4.69, 9.17) is 0 Å². The smallest absolute Gasteiger partial charge is 0.394 e. The average molecular weight is 246 g/mol. The Kier molecular flexibility index (Phi) is 4.16. The first kappa shape index (κ1) is 13.8. The van der Waals surface area contributed by atoms with Crippen molar-refractivity contribution in [2.75, 3.05) is 0 Å². The SMILES string of the molecule is FOC(OC(F)(F)CC(F)(F)F)=C(F)F. The molecule has 0 fully saturated rings. The van der Waals surface area contributed by atoms with Gasteiger partial charge in [0.25, 0.3) is 0 Å². The summed E-state index contributed by atoms with van der Waals surface area (Å²) in [5.41, 5.74) is 0. The number of rotatable bonds is 4. The van der Waals surface area contributed by atoms with Crippen molar-refractivity contribution in [3.63, 3.8) is 0 Å². The van der Waals surface area contributed by atoms with E-state index in [0.29, 0.717) is 0 Å². The van der Waals surface area contributed by atoms with Gasteiger partial charge in [0.15, 0.2) is 0 Å². The molecule has 0 amide bonds. The fourth-order valence-electron chi connectivity index (χ4n) is 0.489. The van der Waals surface area contributed by atoms with Gasteiger partial charge in [0.2, 0.25) is 0 Å². The molecule has 10 heteroatoms. The maximum Gasteiger partial charge on any atom is 0.408 e. The minimum atomic E-state index is -5.36. The summed E-state index contributed by atoms with van der Waals surface area (Å²) in [5, 5.41) is 0. The number of halogens is 8. The van der Waals surface area contributed by atoms with E-state index < -0.39 is 30.7 Å². The molecule has 15 heavy (non-hydrogen) atoms. The molecule has 0 heterocycles. The fraction of sp³-hybridized carbons (Fsp3) is 0.600. The van der Waals surface area contributed by atoms with E-state index in [2.05, 4.69) is 9.68 Å². The zero-order chi connectivity index (χ0) is 12.3. The third kappa shape index (κ3) is 5.96. The molecule has 2 nitrogen and oxygen atoms in total. The maximum atomic E-state index is 12.2. The molecule has 0 aromatic heterocycles. The Morgan fingerprint density at radius 1 is 1.00 bits per heavy atom. The summed E-state index contributed by atoms with van der Waals surface area (Å²) in [5.74, 6) is -2.61. The van der Waals surface area contributed by atoms with Crippen LogP contribution < -0.4 is 0 Å². The standard InChI is InChI=1S/C5H2F8O2/c6-2(7)3(15-13)14-5(11,12)1-4(8,9)10/h1H2. The number of hydrogen-bond acceptors (Lipinski definition) is 2. The minimum absolute atomic E-state index is 2.12. The van der Waals surface area contributed by atoms with Crippen molar-refractivity contribution in [1.29, 1.82) is 0 Å². The van der Waals surface area contributed by atoms with Gasteiger partial charge in [-0.2, -0.15) is 30.7 Å². The maximum absolute atomic E-state index is 12.2. The minimum Gasteiger partial charge on any atom is -0.394 e. The highest BCUT2D eigenvalue weighted by Crippen LogP contribution is 2.34. The lowest BCUT2D eigenvalue weighted by Crippen LogP contribution is -2.28. The van der Waals surface area contributed by atoms with Gasteiger partial charge in [-0.15, -0.1) is 0 Å². The predicted octanol–water partition coefficient (Wildman–Crippen LogP) is 3.51. The highest BCUT2D eigenvalue weighted by Gasteiger charge is 2.47. The Labute approximate surface area is 77.0 Å². The van der Waals surface area contributed by atoms with E-state index in [0.717, 1.165) is 0 Å². The summed E-state index contributed by atoms with van der Waals surface area (Å²) in [6.45, 7) is 0. The second-order valence-electron chi connectivity index (χ2n) is 2.16. The Morgan fingerprint density at radius 3 is 1.73 bits per heavy atom. The summed E-state index contributed by atoms with van der Waals surface area (Å²) in [4.78, 5) is 2.12. The molecule has 0 saturated heterocycles. The van der Waals surface area contributed by atoms with Crippen molar-refractivity contribution in [3.05, 3.63) is 12.0 Å². The van der Waals surface area contributed by atoms with Gasteiger partial charge in [-0.25, -0.2) is 4.94 Å². The first-order valence-corrected chi connectivity index (χ1v) is 3.05. The number of hydrogen-bond donors (Lipinski definition) is 0. The van der Waals surface area contributed by atoms with Gasteiger partial charge in [0, 0.05) is 4.53 Å². The fourth-order valence-corrected chi connectivity index (χ4v) is 0.489. The predicted molar refractivity (Wildman–Crippen MR) is 28.1 cm³/mol. The van der Waals surface area contributed by atoms with Crippen LogP contribution in [0.1, 0.15) is 6.42 Å². The van der Waals surface area contributed by atoms with Crippen molar-refractivity contribution in [2.24, 2.45) is 0 Å². The lowest BCUT2D eigenvalue weighted by atomic mass is 10.4. The highest BCUT2D eigenvalue weighted by molar-refractivity contribution is 4.83. The summed E-state index contributed by atoms with van der Waals surface area (Å²) in [7, 11) is 0. The molecule has 0 bridgehead atoms. The molecular weight excluding hydrogens is 244 g/mol. The average Bonchev–Trinajstić information content (AvgIpc) is 1.94. The zero-order valence-corrected chi connectivity index (χ0v) is 6.55. The van der Waals surface area contributed by atoms with Crippen LogP contribution in [0.15, 0.2) is 12.0 Å². The van der Waals surface area contributed by atoms with Crippen LogP contribution in [0.25, 0.3) is 0 Å². The summed E-state index contributed by atoms with van der Waals surface area (Å²) >= 11 is 0. The molecule has 0 unspecified atom stereocenters. The quantitative estimate of drug-likeness (QED) is 0.558. The van der Waals surface area contributed by atoms with Crippen LogP contribution >= 0.6 is 0 Å². The third-order valence-corrected chi connectivity index (χ3v) is 0.873. The van der Waals surface area contributed by atoms with Gasteiger partial charge >= 0.3 is 24.3 Å². The largest absolute Gasteiger partial charge is 0.408 e. The van der Waals surface area contributed by atoms with E-state index in [-0.39, 0.29) is 0 Å². The van der Waals surface area contributed by atoms with Crippen molar-refractivity contribution in [3.8, 4) is 0 Å². The third-order valence-electron chi connectivity index (χ3n) is 0.873. The van der Waals surface area contributed by atoms with Crippen LogP contribution in [0.2, 0.25) is 0 Å². The molecule has 0 aromatic carbocycles. The topological polar surface area (TPSA) is 18.5 Å². The van der Waals surface area contributed by atoms with E-state index in [9.17, 15) is 35.3 Å². The highest BCUT2D eigenvalue weighted by atomic mass is 19.4. The van der Waals surface area contributed by atoms with Crippen LogP contribution in [0.5, 0.6) is 0 Å². The van der Waals surface area contributed by atoms with Gasteiger partial charge in [0.1, 0.15) is 6.42 Å². The molecule has 90 valence electrons. The van der Waals surface area contributed by atoms with Crippen molar-refractivity contribution < 1.29 is 44.9 Å². The molecule has 0 N–H and O–H groups in total. The molecule has 0 spiro atoms. The molecule has 0 radical (unpaired) electrons. The van der Waals surface area contributed by atoms with E-state index in [1.165, 1.54) is 0 Å². The molecule has 0 aliphatic heterocycles. The van der Waals surface area contributed by atoms with Crippen LogP contribution in [0.4, 0.5) is 35.3 Å². The van der Waals surface area contributed by atoms with Crippen LogP contribution in [-0.2, 0) is 9.68 Å². The lowest BCUT2D eigenvalue weighted by Gasteiger charge is -2.17. The van der Waals surface area contributed by atoms with Crippen molar-refractivity contribution in [2.45, 2.75) is 18.7 Å². The van der Waals surface area contributed by atoms with E-state index in [1.807, 2.05) is 0 Å². The summed E-state index contributed by atoms with van der Waals surface area (Å²) < 4.78 is 95.2. The van der Waals surface area contributed by atoms with Gasteiger partial charge in [-0.1, -0.05) is 0 Å². The molecule has 0 aromatic rings. The molecule has 0 atom stereocenters. The summed E-state index contributed by atoms with van der Waals surface area (Å²) in [6, 6.07) is 0. The monoisotopic (exact) mass is 246 g/mol. The van der Waals surface area contributed by atoms with E-state index >= 15 is 0 Å². The first-order valence-electron chi connectivity index (χ1n) is 3.05. The Hall–Kier alpha value is -1.22. The Balaban J connectivity index is 4.57. The normalized spacial score (nSPS) is 12.3. The molecule has 0 aliphatic rings. The zero-order valence-electron chi connectivity index (χ0n) is 6.55. The van der Waals surface area contributed by atoms with Crippen LogP contribution in [-0.4, -0.2) is 12.3 Å². The second kappa shape index (κ2) is 4.53. The van der Waals surface area contributed by atoms with Gasteiger partial charge in [0.05, 0.1) is 0 Å². The first-order chi connectivity index (χ1) is 6.57. The van der Waals surface area contributed by atoms with Crippen LogP contribution in [0, 0.1) is 0 Å². The van der Waals surface area contributed by atoms with Crippen LogP contribution in [0.3, 0.4) is 0 Å². The van der Waals surface area contributed by atoms with Gasteiger partial charge in [-0.05, 0) is 0 Å². The summed E-state index contributed by atoms with van der Waals surface area (Å²) in [6.07, 6.45) is -16.4. The van der Waals surface area contributed by atoms with Crippen molar-refractivity contribution >= 4 is 0 Å². The molecule has 0 aliphatic carbocycles. The van der Waals surface area contributed by atoms with Crippen molar-refractivity contribution in [1.82, 2.24) is 0 Å². The van der Waals surface area contributed by atoms with E-state index in [1.54, 1.807) is 0 Å². The lowest BCUT2D eigenvalue weighted by molar-refractivity contribution is -0.311. The second-order valence-corrected chi connectivity index (χ2v) is 2.16. The molecular formula is C5H2F8O2. The molecule has 0 rings (SSSR count).